The minimum atomic E-state index is -0.0467. The lowest BCUT2D eigenvalue weighted by molar-refractivity contribution is -0.697. The summed E-state index contributed by atoms with van der Waals surface area (Å²) in [6.07, 6.45) is 21.3. The molecule has 0 radical (unpaired) electrons. The summed E-state index contributed by atoms with van der Waals surface area (Å²) in [5, 5.41) is 0. The normalized spacial score (nSPS) is 11.1. The van der Waals surface area contributed by atoms with E-state index in [2.05, 4.69) is 36.0 Å². The van der Waals surface area contributed by atoms with Crippen molar-refractivity contribution in [2.75, 3.05) is 7.11 Å². The molecule has 2 aromatic rings. The molecule has 0 spiro atoms. The van der Waals surface area contributed by atoms with Crippen LogP contribution in [0.25, 0.3) is 6.08 Å². The van der Waals surface area contributed by atoms with E-state index in [1.165, 1.54) is 64.2 Å². The molecule has 3 heteroatoms. The number of para-hydroxylation sites is 1. The topological polar surface area (TPSA) is 30.2 Å². The average molecular weight is 409 g/mol. The first kappa shape index (κ1) is 23.9. The fourth-order valence-electron chi connectivity index (χ4n) is 3.62. The monoisotopic (exact) mass is 408 g/mol. The number of rotatable bonds is 15. The maximum atomic E-state index is 12.4. The van der Waals surface area contributed by atoms with Crippen molar-refractivity contribution < 1.29 is 14.1 Å². The number of carbonyl (C=O) groups excluding carboxylic acids is 1. The molecule has 0 aliphatic carbocycles. The van der Waals surface area contributed by atoms with Gasteiger partial charge in [0.25, 0.3) is 0 Å². The Morgan fingerprint density at radius 2 is 1.47 bits per heavy atom. The van der Waals surface area contributed by atoms with Gasteiger partial charge in [-0.2, -0.15) is 0 Å². The van der Waals surface area contributed by atoms with Crippen molar-refractivity contribution in [3.05, 3.63) is 66.0 Å². The largest absolute Gasteiger partial charge is 0.496 e. The van der Waals surface area contributed by atoms with Gasteiger partial charge in [0.2, 0.25) is 0 Å². The van der Waals surface area contributed by atoms with E-state index in [0.29, 0.717) is 11.3 Å². The van der Waals surface area contributed by atoms with Crippen LogP contribution in [0, 0.1) is 0 Å². The first-order valence-electron chi connectivity index (χ1n) is 11.6. The van der Waals surface area contributed by atoms with Crippen LogP contribution >= 0.6 is 0 Å². The van der Waals surface area contributed by atoms with E-state index in [4.69, 9.17) is 4.74 Å². The fourth-order valence-corrected chi connectivity index (χ4v) is 3.62. The van der Waals surface area contributed by atoms with Gasteiger partial charge in [-0.3, -0.25) is 4.79 Å². The molecule has 0 bridgehead atoms. The van der Waals surface area contributed by atoms with Crippen LogP contribution < -0.4 is 9.30 Å². The minimum Gasteiger partial charge on any atom is -0.496 e. The second-order valence-corrected chi connectivity index (χ2v) is 7.95. The highest BCUT2D eigenvalue weighted by Gasteiger charge is 2.08. The Morgan fingerprint density at radius 1 is 0.867 bits per heavy atom. The van der Waals surface area contributed by atoms with Crippen LogP contribution in [0.5, 0.6) is 5.75 Å². The third-order valence-corrected chi connectivity index (χ3v) is 5.49. The van der Waals surface area contributed by atoms with Crippen LogP contribution in [0.3, 0.4) is 0 Å². The van der Waals surface area contributed by atoms with Crippen molar-refractivity contribution in [1.82, 2.24) is 0 Å². The number of nitrogens with zero attached hydrogens (tertiary/aromatic N) is 1. The highest BCUT2D eigenvalue weighted by molar-refractivity contribution is 6.08. The molecule has 0 aliphatic heterocycles. The van der Waals surface area contributed by atoms with Gasteiger partial charge >= 0.3 is 0 Å². The lowest BCUT2D eigenvalue weighted by atomic mass is 10.1. The molecule has 0 amide bonds. The molecule has 0 fully saturated rings. The van der Waals surface area contributed by atoms with Crippen LogP contribution in [-0.4, -0.2) is 12.9 Å². The second-order valence-electron chi connectivity index (χ2n) is 7.95. The number of unbranched alkanes of at least 4 members (excludes halogenated alkanes) is 9. The highest BCUT2D eigenvalue weighted by atomic mass is 16.5. The van der Waals surface area contributed by atoms with Gasteiger partial charge in [-0.1, -0.05) is 76.5 Å². The van der Waals surface area contributed by atoms with Crippen molar-refractivity contribution >= 4 is 11.9 Å². The Labute approximate surface area is 182 Å². The summed E-state index contributed by atoms with van der Waals surface area (Å²) in [6, 6.07) is 11.4. The Balaban J connectivity index is 1.66. The first-order chi connectivity index (χ1) is 14.7. The van der Waals surface area contributed by atoms with Crippen LogP contribution in [0.15, 0.2) is 54.9 Å². The van der Waals surface area contributed by atoms with E-state index in [0.717, 1.165) is 12.1 Å². The average Bonchev–Trinajstić information content (AvgIpc) is 2.79. The Kier molecular flexibility index (Phi) is 11.6. The fraction of sp³-hybridized carbons (Fsp3) is 0.481. The lowest BCUT2D eigenvalue weighted by Gasteiger charge is -2.04. The first-order valence-corrected chi connectivity index (χ1v) is 11.6. The number of carbonyl (C=O) groups is 1. The van der Waals surface area contributed by atoms with Gasteiger partial charge in [0.15, 0.2) is 18.2 Å². The van der Waals surface area contributed by atoms with E-state index in [1.54, 1.807) is 25.3 Å². The molecular formula is C27H38NO2+. The number of aryl methyl sites for hydroxylation is 1. The molecule has 0 atom stereocenters. The molecular weight excluding hydrogens is 370 g/mol. The van der Waals surface area contributed by atoms with Crippen molar-refractivity contribution in [2.24, 2.45) is 0 Å². The predicted octanol–water partition coefficient (Wildman–Crippen LogP) is 6.80. The summed E-state index contributed by atoms with van der Waals surface area (Å²) in [7, 11) is 1.58. The summed E-state index contributed by atoms with van der Waals surface area (Å²) in [5.74, 6) is 0.559. The Morgan fingerprint density at radius 3 is 2.10 bits per heavy atom. The molecule has 0 saturated heterocycles. The molecule has 162 valence electrons. The van der Waals surface area contributed by atoms with Crippen LogP contribution in [0.2, 0.25) is 0 Å². The van der Waals surface area contributed by atoms with Gasteiger partial charge in [-0.05, 0) is 30.2 Å². The molecule has 0 saturated carbocycles. The van der Waals surface area contributed by atoms with Gasteiger partial charge in [0.05, 0.1) is 12.7 Å². The molecule has 1 aromatic heterocycles. The van der Waals surface area contributed by atoms with Gasteiger partial charge in [0.1, 0.15) is 12.3 Å². The van der Waals surface area contributed by atoms with Crippen molar-refractivity contribution in [2.45, 2.75) is 77.7 Å². The summed E-state index contributed by atoms with van der Waals surface area (Å²) >= 11 is 0. The Hall–Kier alpha value is -2.42. The third kappa shape index (κ3) is 8.94. The zero-order valence-corrected chi connectivity index (χ0v) is 18.8. The molecule has 3 nitrogen and oxygen atoms in total. The number of allylic oxidation sites excluding steroid dienone is 1. The molecule has 1 aromatic carbocycles. The van der Waals surface area contributed by atoms with Gasteiger partial charge in [-0.25, -0.2) is 4.57 Å². The van der Waals surface area contributed by atoms with Crippen molar-refractivity contribution in [3.63, 3.8) is 0 Å². The molecule has 0 unspecified atom stereocenters. The van der Waals surface area contributed by atoms with Crippen LogP contribution in [-0.2, 0) is 6.54 Å². The Bertz CT molecular complexity index is 765. The molecule has 0 aliphatic rings. The zero-order chi connectivity index (χ0) is 21.4. The van der Waals surface area contributed by atoms with Crippen LogP contribution in [0.4, 0.5) is 0 Å². The van der Waals surface area contributed by atoms with Gasteiger partial charge < -0.3 is 4.74 Å². The summed E-state index contributed by atoms with van der Waals surface area (Å²) in [6.45, 7) is 3.33. The second kappa shape index (κ2) is 14.5. The predicted molar refractivity (Wildman–Crippen MR) is 125 cm³/mol. The maximum absolute atomic E-state index is 12.4. The summed E-state index contributed by atoms with van der Waals surface area (Å²) in [4.78, 5) is 12.4. The van der Waals surface area contributed by atoms with Crippen molar-refractivity contribution in [1.29, 1.82) is 0 Å². The van der Waals surface area contributed by atoms with E-state index >= 15 is 0 Å². The van der Waals surface area contributed by atoms with E-state index in [9.17, 15) is 4.79 Å². The smallest absolute Gasteiger partial charge is 0.189 e. The number of ether oxygens (including phenoxy) is 1. The highest BCUT2D eigenvalue weighted by Crippen LogP contribution is 2.18. The zero-order valence-electron chi connectivity index (χ0n) is 18.8. The number of aromatic nitrogens is 1. The number of benzene rings is 1. The van der Waals surface area contributed by atoms with Gasteiger partial charge in [-0.15, -0.1) is 0 Å². The van der Waals surface area contributed by atoms with Crippen LogP contribution in [0.1, 0.15) is 87.1 Å². The number of pyridine rings is 1. The molecule has 1 heterocycles. The van der Waals surface area contributed by atoms with Gasteiger partial charge in [0, 0.05) is 18.6 Å². The maximum Gasteiger partial charge on any atom is 0.189 e. The van der Waals surface area contributed by atoms with E-state index < -0.39 is 0 Å². The number of methoxy groups -OCH3 is 1. The van der Waals surface area contributed by atoms with E-state index in [-0.39, 0.29) is 5.78 Å². The lowest BCUT2D eigenvalue weighted by Crippen LogP contribution is -2.32. The number of ketones is 1. The molecule has 0 N–H and O–H groups in total. The molecule has 30 heavy (non-hydrogen) atoms. The third-order valence-electron chi connectivity index (χ3n) is 5.49. The molecule has 2 rings (SSSR count). The summed E-state index contributed by atoms with van der Waals surface area (Å²) < 4.78 is 7.49. The minimum absolute atomic E-state index is 0.0467. The number of hydrogen-bond donors (Lipinski definition) is 0. The SMILES string of the molecule is CCCCCCCCCCCC[n+]1ccc(/C=C/C(=O)c2ccccc2OC)cc1. The number of hydrogen-bond acceptors (Lipinski definition) is 2. The quantitative estimate of drug-likeness (QED) is 0.140. The standard InChI is InChI=1S/C27H38NO2/c1-3-4-5-6-7-8-9-10-11-14-21-28-22-19-24(20-23-28)17-18-26(29)25-15-12-13-16-27(25)30-2/h12-13,15-20,22-23H,3-11,14,21H2,1-2H3/q+1/b18-17+. The van der Waals surface area contributed by atoms with E-state index in [1.807, 2.05) is 18.2 Å². The van der Waals surface area contributed by atoms with Crippen molar-refractivity contribution in [3.8, 4) is 5.75 Å². The summed E-state index contributed by atoms with van der Waals surface area (Å²) in [5.41, 5.74) is 1.61.